The molecule has 156 valence electrons. The van der Waals surface area contributed by atoms with E-state index < -0.39 is 0 Å². The van der Waals surface area contributed by atoms with Crippen LogP contribution in [0.25, 0.3) is 0 Å². The Labute approximate surface area is 176 Å². The van der Waals surface area contributed by atoms with E-state index in [1.807, 2.05) is 48.5 Å². The molecule has 3 aromatic carbocycles. The fourth-order valence-electron chi connectivity index (χ4n) is 3.30. The topological polar surface area (TPSA) is 38.8 Å². The minimum absolute atomic E-state index is 0.0302. The van der Waals surface area contributed by atoms with Gasteiger partial charge in [0.25, 0.3) is 0 Å². The lowest BCUT2D eigenvalue weighted by Gasteiger charge is -2.23. The van der Waals surface area contributed by atoms with Crippen LogP contribution in [0.15, 0.2) is 72.8 Å². The van der Waals surface area contributed by atoms with E-state index in [0.29, 0.717) is 12.2 Å². The molecule has 4 nitrogen and oxygen atoms in total. The van der Waals surface area contributed by atoms with Crippen molar-refractivity contribution < 1.29 is 18.7 Å². The Morgan fingerprint density at radius 2 is 1.57 bits per heavy atom. The molecule has 0 aliphatic rings. The predicted molar refractivity (Wildman–Crippen MR) is 117 cm³/mol. The highest BCUT2D eigenvalue weighted by atomic mass is 19.1. The van der Waals surface area contributed by atoms with E-state index in [4.69, 9.17) is 9.47 Å². The van der Waals surface area contributed by atoms with Crippen LogP contribution in [-0.2, 0) is 17.6 Å². The van der Waals surface area contributed by atoms with Gasteiger partial charge in [0.15, 0.2) is 0 Å². The molecule has 0 radical (unpaired) electrons. The van der Waals surface area contributed by atoms with Gasteiger partial charge in [0.1, 0.15) is 17.3 Å². The van der Waals surface area contributed by atoms with E-state index >= 15 is 0 Å². The van der Waals surface area contributed by atoms with Crippen LogP contribution in [0.4, 0.5) is 10.1 Å². The van der Waals surface area contributed by atoms with Gasteiger partial charge < -0.3 is 14.4 Å². The number of methoxy groups -OCH3 is 2. The summed E-state index contributed by atoms with van der Waals surface area (Å²) in [7, 11) is 3.26. The minimum Gasteiger partial charge on any atom is -0.497 e. The van der Waals surface area contributed by atoms with Crippen LogP contribution in [0.1, 0.15) is 17.5 Å². The molecule has 0 saturated heterocycles. The molecule has 0 saturated carbocycles. The number of hydrogen-bond acceptors (Lipinski definition) is 3. The van der Waals surface area contributed by atoms with Gasteiger partial charge in [-0.15, -0.1) is 0 Å². The number of nitrogens with zero attached hydrogens (tertiary/aromatic N) is 1. The molecule has 0 aromatic heterocycles. The molecule has 0 bridgehead atoms. The normalized spacial score (nSPS) is 10.5. The third-order valence-electron chi connectivity index (χ3n) is 4.94. The largest absolute Gasteiger partial charge is 0.497 e. The second kappa shape index (κ2) is 10.4. The summed E-state index contributed by atoms with van der Waals surface area (Å²) in [6.45, 7) is 0.540. The molecule has 0 heterocycles. The zero-order chi connectivity index (χ0) is 21.3. The SMILES string of the molecule is COc1ccc(CC(=O)N(CCCc2cccc(OC)c2)c2ccc(F)cc2)cc1. The van der Waals surface area contributed by atoms with Crippen LogP contribution in [0.2, 0.25) is 0 Å². The molecule has 5 heteroatoms. The number of anilines is 1. The molecule has 0 fully saturated rings. The van der Waals surface area contributed by atoms with Crippen LogP contribution in [0.3, 0.4) is 0 Å². The van der Waals surface area contributed by atoms with E-state index in [-0.39, 0.29) is 18.1 Å². The average Bonchev–Trinajstić information content (AvgIpc) is 2.78. The lowest BCUT2D eigenvalue weighted by molar-refractivity contribution is -0.118. The number of rotatable bonds is 9. The van der Waals surface area contributed by atoms with Crippen LogP contribution >= 0.6 is 0 Å². The summed E-state index contributed by atoms with van der Waals surface area (Å²) < 4.78 is 23.8. The quantitative estimate of drug-likeness (QED) is 0.498. The van der Waals surface area contributed by atoms with Crippen LogP contribution < -0.4 is 14.4 Å². The Kier molecular flexibility index (Phi) is 7.44. The van der Waals surface area contributed by atoms with Crippen molar-refractivity contribution in [2.45, 2.75) is 19.3 Å². The third-order valence-corrected chi connectivity index (χ3v) is 4.94. The lowest BCUT2D eigenvalue weighted by Crippen LogP contribution is -2.33. The number of carbonyl (C=O) groups excluding carboxylic acids is 1. The van der Waals surface area contributed by atoms with E-state index in [0.717, 1.165) is 35.5 Å². The first kappa shape index (κ1) is 21.4. The van der Waals surface area contributed by atoms with Crippen LogP contribution in [-0.4, -0.2) is 26.7 Å². The molecule has 1 amide bonds. The maximum atomic E-state index is 13.4. The number of aryl methyl sites for hydroxylation is 1. The van der Waals surface area contributed by atoms with E-state index in [1.165, 1.54) is 12.1 Å². The summed E-state index contributed by atoms with van der Waals surface area (Å²) in [5.41, 5.74) is 2.75. The van der Waals surface area contributed by atoms with Gasteiger partial charge >= 0.3 is 0 Å². The second-order valence-electron chi connectivity index (χ2n) is 7.00. The molecule has 0 aliphatic carbocycles. The molecule has 0 aliphatic heterocycles. The molecule has 30 heavy (non-hydrogen) atoms. The summed E-state index contributed by atoms with van der Waals surface area (Å²) in [5.74, 6) is 1.22. The highest BCUT2D eigenvalue weighted by Gasteiger charge is 2.16. The van der Waals surface area contributed by atoms with Gasteiger partial charge in [0, 0.05) is 12.2 Å². The van der Waals surface area contributed by atoms with Crippen molar-refractivity contribution in [3.8, 4) is 11.5 Å². The fourth-order valence-corrected chi connectivity index (χ4v) is 3.30. The first-order valence-corrected chi connectivity index (χ1v) is 9.91. The molecule has 0 spiro atoms. The first-order chi connectivity index (χ1) is 14.6. The molecular weight excluding hydrogens is 381 g/mol. The average molecular weight is 407 g/mol. The van der Waals surface area contributed by atoms with E-state index in [2.05, 4.69) is 0 Å². The van der Waals surface area contributed by atoms with E-state index in [9.17, 15) is 9.18 Å². The number of hydrogen-bond donors (Lipinski definition) is 0. The number of ether oxygens (including phenoxy) is 2. The first-order valence-electron chi connectivity index (χ1n) is 9.91. The number of amides is 1. The van der Waals surface area contributed by atoms with Crippen molar-refractivity contribution in [2.24, 2.45) is 0 Å². The Bertz CT molecular complexity index is 955. The van der Waals surface area contributed by atoms with Crippen molar-refractivity contribution in [2.75, 3.05) is 25.7 Å². The van der Waals surface area contributed by atoms with Crippen molar-refractivity contribution in [1.29, 1.82) is 0 Å². The number of halogens is 1. The van der Waals surface area contributed by atoms with Gasteiger partial charge in [0.05, 0.1) is 20.6 Å². The Morgan fingerprint density at radius 3 is 2.23 bits per heavy atom. The minimum atomic E-state index is -0.322. The summed E-state index contributed by atoms with van der Waals surface area (Å²) in [4.78, 5) is 14.8. The van der Waals surface area contributed by atoms with Crippen molar-refractivity contribution >= 4 is 11.6 Å². The Hall–Kier alpha value is -3.34. The zero-order valence-electron chi connectivity index (χ0n) is 17.3. The highest BCUT2D eigenvalue weighted by molar-refractivity contribution is 5.94. The second-order valence-corrected chi connectivity index (χ2v) is 7.00. The van der Waals surface area contributed by atoms with Gasteiger partial charge in [0.2, 0.25) is 5.91 Å². The zero-order valence-corrected chi connectivity index (χ0v) is 17.3. The number of benzene rings is 3. The van der Waals surface area contributed by atoms with Gasteiger partial charge in [-0.1, -0.05) is 24.3 Å². The molecule has 0 N–H and O–H groups in total. The smallest absolute Gasteiger partial charge is 0.231 e. The maximum absolute atomic E-state index is 13.4. The highest BCUT2D eigenvalue weighted by Crippen LogP contribution is 2.20. The van der Waals surface area contributed by atoms with E-state index in [1.54, 1.807) is 31.3 Å². The lowest BCUT2D eigenvalue weighted by atomic mass is 10.1. The van der Waals surface area contributed by atoms with Gasteiger partial charge in [-0.2, -0.15) is 0 Å². The Morgan fingerprint density at radius 1 is 0.867 bits per heavy atom. The fraction of sp³-hybridized carbons (Fsp3) is 0.240. The molecule has 3 aromatic rings. The summed E-state index contributed by atoms with van der Waals surface area (Å²) in [5, 5.41) is 0. The van der Waals surface area contributed by atoms with Crippen molar-refractivity contribution in [1.82, 2.24) is 0 Å². The summed E-state index contributed by atoms with van der Waals surface area (Å²) >= 11 is 0. The van der Waals surface area contributed by atoms with Gasteiger partial charge in [-0.25, -0.2) is 4.39 Å². The maximum Gasteiger partial charge on any atom is 0.231 e. The van der Waals surface area contributed by atoms with Crippen LogP contribution in [0.5, 0.6) is 11.5 Å². The molecule has 0 unspecified atom stereocenters. The predicted octanol–water partition coefficient (Wildman–Crippen LogP) is 5.05. The molecular formula is C25H26FNO3. The molecule has 0 atom stereocenters. The third kappa shape index (κ3) is 5.83. The standard InChI is InChI=1S/C25H26FNO3/c1-29-23-14-8-20(9-15-23)18-25(28)27(22-12-10-21(26)11-13-22)16-4-6-19-5-3-7-24(17-19)30-2/h3,5,7-15,17H,4,6,16,18H2,1-2H3. The van der Waals surface area contributed by atoms with Gasteiger partial charge in [-0.05, 0) is 72.5 Å². The Balaban J connectivity index is 1.70. The van der Waals surface area contributed by atoms with Crippen molar-refractivity contribution in [3.63, 3.8) is 0 Å². The van der Waals surface area contributed by atoms with Gasteiger partial charge in [-0.3, -0.25) is 4.79 Å². The summed E-state index contributed by atoms with van der Waals surface area (Å²) in [6, 6.07) is 21.4. The van der Waals surface area contributed by atoms with Crippen molar-refractivity contribution in [3.05, 3.63) is 89.7 Å². The molecule has 3 rings (SSSR count). The number of carbonyl (C=O) groups is 1. The monoisotopic (exact) mass is 407 g/mol. The summed E-state index contributed by atoms with van der Waals surface area (Å²) in [6.07, 6.45) is 1.85. The van der Waals surface area contributed by atoms with Crippen LogP contribution in [0, 0.1) is 5.82 Å².